The lowest BCUT2D eigenvalue weighted by atomic mass is 10.3. The van der Waals surface area contributed by atoms with Crippen LogP contribution in [0, 0.1) is 12.7 Å². The zero-order valence-electron chi connectivity index (χ0n) is 7.58. The van der Waals surface area contributed by atoms with Crippen molar-refractivity contribution in [2.24, 2.45) is 0 Å². The number of anilines is 1. The van der Waals surface area contributed by atoms with Crippen molar-refractivity contribution >= 4 is 5.82 Å². The van der Waals surface area contributed by atoms with E-state index in [-0.39, 0.29) is 18.5 Å². The van der Waals surface area contributed by atoms with Crippen molar-refractivity contribution in [2.75, 3.05) is 11.9 Å². The van der Waals surface area contributed by atoms with Gasteiger partial charge in [0, 0.05) is 6.04 Å². The number of aromatic nitrogens is 2. The molecule has 1 aromatic rings. The van der Waals surface area contributed by atoms with Crippen LogP contribution >= 0.6 is 0 Å². The van der Waals surface area contributed by atoms with Crippen molar-refractivity contribution in [3.8, 4) is 0 Å². The van der Waals surface area contributed by atoms with E-state index in [2.05, 4.69) is 15.3 Å². The molecule has 2 N–H and O–H groups in total. The van der Waals surface area contributed by atoms with Gasteiger partial charge in [0.05, 0.1) is 12.3 Å². The number of rotatable bonds is 3. The summed E-state index contributed by atoms with van der Waals surface area (Å²) >= 11 is 0. The minimum absolute atomic E-state index is 0.0670. The number of aliphatic hydroxyl groups excluding tert-OH is 1. The maximum Gasteiger partial charge on any atom is 0.186 e. The lowest BCUT2D eigenvalue weighted by Gasteiger charge is -2.11. The Morgan fingerprint density at radius 2 is 2.31 bits per heavy atom. The molecule has 1 aromatic heterocycles. The monoisotopic (exact) mass is 185 g/mol. The Hall–Kier alpha value is -1.23. The predicted octanol–water partition coefficient (Wildman–Crippen LogP) is 0.717. The van der Waals surface area contributed by atoms with Gasteiger partial charge in [-0.15, -0.1) is 0 Å². The van der Waals surface area contributed by atoms with Crippen molar-refractivity contribution in [1.29, 1.82) is 0 Å². The van der Waals surface area contributed by atoms with Gasteiger partial charge in [-0.05, 0) is 13.8 Å². The molecule has 13 heavy (non-hydrogen) atoms. The number of nitrogens with zero attached hydrogens (tertiary/aromatic N) is 2. The molecule has 1 unspecified atom stereocenters. The Balaban J connectivity index is 2.83. The summed E-state index contributed by atoms with van der Waals surface area (Å²) in [5.41, 5.74) is 0.294. The van der Waals surface area contributed by atoms with E-state index in [1.807, 2.05) is 0 Å². The fourth-order valence-corrected chi connectivity index (χ4v) is 0.838. The third-order valence-corrected chi connectivity index (χ3v) is 1.62. The lowest BCUT2D eigenvalue weighted by Crippen LogP contribution is -2.21. The molecule has 5 heteroatoms. The summed E-state index contributed by atoms with van der Waals surface area (Å²) in [7, 11) is 0. The number of nitrogens with one attached hydrogen (secondary N) is 1. The zero-order chi connectivity index (χ0) is 9.84. The van der Waals surface area contributed by atoms with Gasteiger partial charge in [-0.1, -0.05) is 0 Å². The number of halogens is 1. The first-order chi connectivity index (χ1) is 6.15. The number of hydrogen-bond donors (Lipinski definition) is 2. The highest BCUT2D eigenvalue weighted by molar-refractivity contribution is 5.37. The van der Waals surface area contributed by atoms with Gasteiger partial charge in [0.25, 0.3) is 0 Å². The van der Waals surface area contributed by atoms with Crippen LogP contribution in [0.1, 0.15) is 12.6 Å². The Bertz CT molecular complexity index is 293. The van der Waals surface area contributed by atoms with Crippen molar-refractivity contribution in [3.63, 3.8) is 0 Å². The Labute approximate surface area is 75.8 Å². The molecule has 1 heterocycles. The number of hydrogen-bond acceptors (Lipinski definition) is 4. The minimum Gasteiger partial charge on any atom is -0.394 e. The highest BCUT2D eigenvalue weighted by atomic mass is 19.1. The van der Waals surface area contributed by atoms with E-state index in [0.29, 0.717) is 5.69 Å². The molecule has 0 fully saturated rings. The Kier molecular flexibility index (Phi) is 3.13. The summed E-state index contributed by atoms with van der Waals surface area (Å²) in [4.78, 5) is 7.40. The van der Waals surface area contributed by atoms with Crippen LogP contribution in [-0.2, 0) is 0 Å². The highest BCUT2D eigenvalue weighted by Gasteiger charge is 2.09. The largest absolute Gasteiger partial charge is 0.394 e. The summed E-state index contributed by atoms with van der Waals surface area (Å²) in [6.45, 7) is 3.23. The Morgan fingerprint density at radius 3 is 2.92 bits per heavy atom. The second-order valence-corrected chi connectivity index (χ2v) is 2.85. The summed E-state index contributed by atoms with van der Waals surface area (Å²) in [5.74, 6) is -0.336. The highest BCUT2D eigenvalue weighted by Crippen LogP contribution is 2.12. The molecule has 0 saturated carbocycles. The van der Waals surface area contributed by atoms with E-state index in [4.69, 9.17) is 5.11 Å². The second-order valence-electron chi connectivity index (χ2n) is 2.85. The second kappa shape index (κ2) is 4.13. The molecule has 4 nitrogen and oxygen atoms in total. The van der Waals surface area contributed by atoms with E-state index in [1.165, 1.54) is 6.33 Å². The summed E-state index contributed by atoms with van der Waals surface area (Å²) in [6.07, 6.45) is 1.28. The normalized spacial score (nSPS) is 12.6. The third-order valence-electron chi connectivity index (χ3n) is 1.62. The van der Waals surface area contributed by atoms with Gasteiger partial charge in [-0.25, -0.2) is 14.4 Å². The summed E-state index contributed by atoms with van der Waals surface area (Å²) < 4.78 is 13.2. The van der Waals surface area contributed by atoms with Crippen LogP contribution in [0.25, 0.3) is 0 Å². The van der Waals surface area contributed by atoms with Crippen LogP contribution in [-0.4, -0.2) is 27.7 Å². The number of aryl methyl sites for hydroxylation is 1. The zero-order valence-corrected chi connectivity index (χ0v) is 7.58. The third kappa shape index (κ3) is 2.35. The van der Waals surface area contributed by atoms with Gasteiger partial charge in [0.2, 0.25) is 0 Å². The molecule has 72 valence electrons. The molecule has 0 radical (unpaired) electrons. The standard InChI is InChI=1S/C8H12FN3O/c1-5(3-13)12-8-7(9)6(2)10-4-11-8/h4-5,13H,3H2,1-2H3,(H,10,11,12). The molecular weight excluding hydrogens is 173 g/mol. The lowest BCUT2D eigenvalue weighted by molar-refractivity contribution is 0.281. The average Bonchev–Trinajstić information content (AvgIpc) is 2.13. The van der Waals surface area contributed by atoms with Gasteiger partial charge in [0.1, 0.15) is 6.33 Å². The fourth-order valence-electron chi connectivity index (χ4n) is 0.838. The molecule has 0 aliphatic heterocycles. The molecule has 0 aliphatic rings. The molecule has 0 spiro atoms. The molecule has 0 amide bonds. The van der Waals surface area contributed by atoms with Crippen molar-refractivity contribution in [2.45, 2.75) is 19.9 Å². The van der Waals surface area contributed by atoms with E-state index >= 15 is 0 Å². The molecule has 0 aromatic carbocycles. The molecular formula is C8H12FN3O. The quantitative estimate of drug-likeness (QED) is 0.728. The van der Waals surface area contributed by atoms with E-state index in [0.717, 1.165) is 0 Å². The van der Waals surface area contributed by atoms with E-state index < -0.39 is 5.82 Å². The van der Waals surface area contributed by atoms with Crippen molar-refractivity contribution in [1.82, 2.24) is 9.97 Å². The van der Waals surface area contributed by atoms with Crippen LogP contribution in [0.5, 0.6) is 0 Å². The van der Waals surface area contributed by atoms with Crippen LogP contribution in [0.4, 0.5) is 10.2 Å². The molecule has 0 aliphatic carbocycles. The topological polar surface area (TPSA) is 58.0 Å². The minimum atomic E-state index is -0.470. The van der Waals surface area contributed by atoms with Crippen LogP contribution in [0.2, 0.25) is 0 Å². The first-order valence-electron chi connectivity index (χ1n) is 3.99. The average molecular weight is 185 g/mol. The summed E-state index contributed by atoms with van der Waals surface area (Å²) in [6, 6.07) is -0.219. The molecule has 1 rings (SSSR count). The van der Waals surface area contributed by atoms with Gasteiger partial charge >= 0.3 is 0 Å². The van der Waals surface area contributed by atoms with Crippen LogP contribution in [0.15, 0.2) is 6.33 Å². The maximum atomic E-state index is 13.2. The number of aliphatic hydroxyl groups is 1. The molecule has 0 bridgehead atoms. The predicted molar refractivity (Wildman–Crippen MR) is 46.9 cm³/mol. The van der Waals surface area contributed by atoms with Crippen LogP contribution < -0.4 is 5.32 Å². The molecule has 1 atom stereocenters. The fraction of sp³-hybridized carbons (Fsp3) is 0.500. The van der Waals surface area contributed by atoms with Gasteiger partial charge in [0.15, 0.2) is 11.6 Å². The van der Waals surface area contributed by atoms with Gasteiger partial charge in [-0.2, -0.15) is 0 Å². The van der Waals surface area contributed by atoms with Crippen molar-refractivity contribution < 1.29 is 9.50 Å². The maximum absolute atomic E-state index is 13.2. The van der Waals surface area contributed by atoms with Crippen molar-refractivity contribution in [3.05, 3.63) is 17.8 Å². The first kappa shape index (κ1) is 9.85. The summed E-state index contributed by atoms with van der Waals surface area (Å²) in [5, 5.41) is 11.5. The molecule has 0 saturated heterocycles. The Morgan fingerprint density at radius 1 is 1.62 bits per heavy atom. The van der Waals surface area contributed by atoms with Gasteiger partial charge in [-0.3, -0.25) is 0 Å². The smallest absolute Gasteiger partial charge is 0.186 e. The van der Waals surface area contributed by atoms with E-state index in [1.54, 1.807) is 13.8 Å². The van der Waals surface area contributed by atoms with Gasteiger partial charge < -0.3 is 10.4 Å². The SMILES string of the molecule is Cc1ncnc(NC(C)CO)c1F. The first-order valence-corrected chi connectivity index (χ1v) is 3.99. The van der Waals surface area contributed by atoms with E-state index in [9.17, 15) is 4.39 Å². The van der Waals surface area contributed by atoms with Crippen LogP contribution in [0.3, 0.4) is 0 Å².